The predicted molar refractivity (Wildman–Crippen MR) is 76.4 cm³/mol. The Hall–Kier alpha value is -1.88. The van der Waals surface area contributed by atoms with Gasteiger partial charge in [0.15, 0.2) is 5.16 Å². The number of hydrogen-bond donors (Lipinski definition) is 1. The lowest BCUT2D eigenvalue weighted by molar-refractivity contribution is 0.988. The maximum atomic E-state index is 4.37. The van der Waals surface area contributed by atoms with Gasteiger partial charge in [-0.05, 0) is 37.2 Å². The van der Waals surface area contributed by atoms with Gasteiger partial charge in [0.1, 0.15) is 11.4 Å². The Kier molecular flexibility index (Phi) is 3.21. The van der Waals surface area contributed by atoms with Crippen LogP contribution in [0.5, 0.6) is 0 Å². The molecule has 0 bridgehead atoms. The summed E-state index contributed by atoms with van der Waals surface area (Å²) in [5, 5.41) is 2.88. The molecule has 4 nitrogen and oxygen atoms in total. The monoisotopic (exact) mass is 270 g/mol. The fourth-order valence-corrected chi connectivity index (χ4v) is 2.73. The van der Waals surface area contributed by atoms with Crippen LogP contribution in [0.25, 0.3) is 10.9 Å². The van der Waals surface area contributed by atoms with E-state index in [0.717, 1.165) is 33.2 Å². The molecule has 2 heterocycles. The summed E-state index contributed by atoms with van der Waals surface area (Å²) in [6.45, 7) is 4.17. The lowest BCUT2D eigenvalue weighted by Crippen LogP contribution is -1.88. The number of aryl methyl sites for hydroxylation is 2. The Morgan fingerprint density at radius 2 is 2.11 bits per heavy atom. The molecule has 0 amide bonds. The molecule has 0 aliphatic heterocycles. The van der Waals surface area contributed by atoms with Crippen molar-refractivity contribution in [2.45, 2.75) is 30.5 Å². The molecule has 96 valence electrons. The van der Waals surface area contributed by atoms with Crippen molar-refractivity contribution in [2.75, 3.05) is 0 Å². The van der Waals surface area contributed by atoms with Crippen LogP contribution in [0.15, 0.2) is 40.9 Å². The number of benzene rings is 1. The highest BCUT2D eigenvalue weighted by atomic mass is 32.2. The number of rotatable bonds is 3. The normalized spacial score (nSPS) is 11.1. The van der Waals surface area contributed by atoms with Crippen molar-refractivity contribution >= 4 is 22.7 Å². The van der Waals surface area contributed by atoms with E-state index in [9.17, 15) is 0 Å². The smallest absolute Gasteiger partial charge is 0.171 e. The molecule has 2 aromatic heterocycles. The highest BCUT2D eigenvalue weighted by Crippen LogP contribution is 2.29. The van der Waals surface area contributed by atoms with E-state index < -0.39 is 0 Å². The van der Waals surface area contributed by atoms with E-state index in [1.807, 2.05) is 12.3 Å². The first-order valence-corrected chi connectivity index (χ1v) is 7.01. The van der Waals surface area contributed by atoms with Crippen LogP contribution in [0.4, 0.5) is 0 Å². The van der Waals surface area contributed by atoms with E-state index >= 15 is 0 Å². The summed E-state index contributed by atoms with van der Waals surface area (Å²) in [4.78, 5) is 16.3. The van der Waals surface area contributed by atoms with Crippen LogP contribution in [0.2, 0.25) is 0 Å². The van der Waals surface area contributed by atoms with Crippen LogP contribution >= 0.6 is 11.8 Å². The Morgan fingerprint density at radius 1 is 1.21 bits per heavy atom. The largest absolute Gasteiger partial charge is 0.337 e. The molecule has 1 N–H and O–H groups in total. The van der Waals surface area contributed by atoms with E-state index in [2.05, 4.69) is 45.9 Å². The zero-order valence-corrected chi connectivity index (χ0v) is 11.7. The predicted octanol–water partition coefficient (Wildman–Crippen LogP) is 3.37. The van der Waals surface area contributed by atoms with Crippen molar-refractivity contribution in [3.8, 4) is 0 Å². The highest BCUT2D eigenvalue weighted by Gasteiger charge is 2.08. The summed E-state index contributed by atoms with van der Waals surface area (Å²) >= 11 is 1.54. The minimum absolute atomic E-state index is 0.873. The van der Waals surface area contributed by atoms with Crippen molar-refractivity contribution in [3.63, 3.8) is 0 Å². The molecule has 0 saturated heterocycles. The molecule has 0 aliphatic carbocycles. The van der Waals surface area contributed by atoms with Gasteiger partial charge in [0.2, 0.25) is 0 Å². The van der Waals surface area contributed by atoms with Crippen molar-refractivity contribution in [2.24, 2.45) is 0 Å². The van der Waals surface area contributed by atoms with Crippen LogP contribution in [0.1, 0.15) is 18.2 Å². The Bertz CT molecular complexity index is 720. The topological polar surface area (TPSA) is 54.5 Å². The first-order valence-electron chi connectivity index (χ1n) is 6.19. The van der Waals surface area contributed by atoms with Crippen LogP contribution in [0, 0.1) is 6.92 Å². The van der Waals surface area contributed by atoms with Gasteiger partial charge in [-0.1, -0.05) is 18.6 Å². The van der Waals surface area contributed by atoms with Crippen molar-refractivity contribution in [1.82, 2.24) is 19.9 Å². The fraction of sp³-hybridized carbons (Fsp3) is 0.214. The summed E-state index contributed by atoms with van der Waals surface area (Å²) in [5.41, 5.74) is 3.31. The van der Waals surface area contributed by atoms with Gasteiger partial charge in [0.05, 0.1) is 5.52 Å². The van der Waals surface area contributed by atoms with Gasteiger partial charge in [0.25, 0.3) is 0 Å². The van der Waals surface area contributed by atoms with E-state index in [-0.39, 0.29) is 0 Å². The van der Waals surface area contributed by atoms with E-state index in [1.165, 1.54) is 5.56 Å². The maximum absolute atomic E-state index is 4.37. The number of fused-ring (bicyclic) bond motifs is 1. The molecular weight excluding hydrogens is 256 g/mol. The molecule has 0 fully saturated rings. The molecule has 5 heteroatoms. The number of nitrogens with one attached hydrogen (secondary N) is 1. The zero-order valence-electron chi connectivity index (χ0n) is 10.8. The van der Waals surface area contributed by atoms with Gasteiger partial charge in [-0.15, -0.1) is 0 Å². The molecule has 0 spiro atoms. The summed E-state index contributed by atoms with van der Waals surface area (Å²) in [6.07, 6.45) is 4.43. The molecule has 0 radical (unpaired) electrons. The molecule has 1 aromatic carbocycles. The molecule has 0 unspecified atom stereocenters. The van der Waals surface area contributed by atoms with Crippen molar-refractivity contribution in [3.05, 3.63) is 42.0 Å². The van der Waals surface area contributed by atoms with Crippen LogP contribution in [-0.4, -0.2) is 19.9 Å². The Labute approximate surface area is 115 Å². The summed E-state index contributed by atoms with van der Waals surface area (Å²) in [7, 11) is 0. The summed E-state index contributed by atoms with van der Waals surface area (Å²) < 4.78 is 0. The minimum Gasteiger partial charge on any atom is -0.337 e. The number of nitrogens with zero attached hydrogens (tertiary/aromatic N) is 3. The van der Waals surface area contributed by atoms with Gasteiger partial charge in [0, 0.05) is 17.3 Å². The third kappa shape index (κ3) is 2.46. The van der Waals surface area contributed by atoms with Crippen molar-refractivity contribution in [1.29, 1.82) is 0 Å². The SMILES string of the molecule is CCc1cnc(Sc2ncnc3ccc(C)cc23)[nH]1. The first-order chi connectivity index (χ1) is 9.26. The fourth-order valence-electron chi connectivity index (χ4n) is 1.89. The number of aromatic amines is 1. The number of hydrogen-bond acceptors (Lipinski definition) is 4. The zero-order chi connectivity index (χ0) is 13.2. The van der Waals surface area contributed by atoms with Crippen LogP contribution < -0.4 is 0 Å². The Balaban J connectivity index is 2.02. The molecule has 19 heavy (non-hydrogen) atoms. The lowest BCUT2D eigenvalue weighted by atomic mass is 10.2. The average Bonchev–Trinajstić information content (AvgIpc) is 2.87. The Morgan fingerprint density at radius 3 is 2.89 bits per heavy atom. The molecule has 0 aliphatic rings. The molecule has 3 aromatic rings. The molecular formula is C14H14N4S. The van der Waals surface area contributed by atoms with Gasteiger partial charge >= 0.3 is 0 Å². The second kappa shape index (κ2) is 5.01. The first kappa shape index (κ1) is 12.2. The van der Waals surface area contributed by atoms with Crippen LogP contribution in [-0.2, 0) is 6.42 Å². The second-order valence-corrected chi connectivity index (χ2v) is 5.35. The maximum Gasteiger partial charge on any atom is 0.171 e. The number of aromatic nitrogens is 4. The average molecular weight is 270 g/mol. The van der Waals surface area contributed by atoms with E-state index in [1.54, 1.807) is 18.1 Å². The van der Waals surface area contributed by atoms with E-state index in [0.29, 0.717) is 0 Å². The minimum atomic E-state index is 0.873. The molecule has 0 atom stereocenters. The van der Waals surface area contributed by atoms with Gasteiger partial charge in [-0.3, -0.25) is 0 Å². The second-order valence-electron chi connectivity index (χ2n) is 4.37. The molecule has 0 saturated carbocycles. The number of imidazole rings is 1. The van der Waals surface area contributed by atoms with Gasteiger partial charge < -0.3 is 4.98 Å². The van der Waals surface area contributed by atoms with E-state index in [4.69, 9.17) is 0 Å². The standard InChI is InChI=1S/C14H14N4S/c1-3-10-7-15-14(18-10)19-13-11-6-9(2)4-5-12(11)16-8-17-13/h4-8H,3H2,1-2H3,(H,15,18). The lowest BCUT2D eigenvalue weighted by Gasteiger charge is -2.03. The molecule has 3 rings (SSSR count). The summed E-state index contributed by atoms with van der Waals surface area (Å²) in [6, 6.07) is 6.20. The van der Waals surface area contributed by atoms with Gasteiger partial charge in [-0.2, -0.15) is 0 Å². The quantitative estimate of drug-likeness (QED) is 0.741. The third-order valence-corrected chi connectivity index (χ3v) is 3.85. The number of H-pyrrole nitrogens is 1. The highest BCUT2D eigenvalue weighted by molar-refractivity contribution is 7.99. The van der Waals surface area contributed by atoms with Crippen molar-refractivity contribution < 1.29 is 0 Å². The van der Waals surface area contributed by atoms with Crippen LogP contribution in [0.3, 0.4) is 0 Å². The third-order valence-electron chi connectivity index (χ3n) is 2.93. The summed E-state index contributed by atoms with van der Waals surface area (Å²) in [5.74, 6) is 0. The van der Waals surface area contributed by atoms with Gasteiger partial charge in [-0.25, -0.2) is 15.0 Å².